The largest absolute Gasteiger partial charge is 0.317 e. The molecule has 0 saturated heterocycles. The number of benzene rings is 1. The molecule has 1 fully saturated rings. The maximum absolute atomic E-state index is 6.13. The molecule has 1 aromatic carbocycles. The molecule has 1 unspecified atom stereocenters. The fourth-order valence-corrected chi connectivity index (χ4v) is 2.56. The third-order valence-electron chi connectivity index (χ3n) is 3.48. The highest BCUT2D eigenvalue weighted by Crippen LogP contribution is 2.34. The minimum absolute atomic E-state index is 0.725. The topological polar surface area (TPSA) is 12.0 Å². The van der Waals surface area contributed by atoms with Crippen LogP contribution in [0.1, 0.15) is 31.2 Å². The number of nitrogens with one attached hydrogen (secondary N) is 1. The Morgan fingerprint density at radius 2 is 2.12 bits per heavy atom. The molecule has 0 aliphatic heterocycles. The molecule has 1 aliphatic carbocycles. The first-order valence-corrected chi connectivity index (χ1v) is 6.59. The first kappa shape index (κ1) is 11.9. The third-order valence-corrected chi connectivity index (χ3v) is 3.85. The molecule has 1 aromatic rings. The van der Waals surface area contributed by atoms with E-state index >= 15 is 0 Å². The maximum Gasteiger partial charge on any atom is 0.0437 e. The van der Waals surface area contributed by atoms with Gasteiger partial charge < -0.3 is 5.32 Å². The molecule has 0 bridgehead atoms. The van der Waals surface area contributed by atoms with Crippen LogP contribution >= 0.6 is 11.6 Å². The zero-order valence-electron chi connectivity index (χ0n) is 9.88. The zero-order valence-corrected chi connectivity index (χ0v) is 10.6. The second-order valence-corrected chi connectivity index (χ2v) is 5.12. The van der Waals surface area contributed by atoms with Gasteiger partial charge in [0.15, 0.2) is 0 Å². The van der Waals surface area contributed by atoms with Crippen molar-refractivity contribution >= 4 is 11.6 Å². The summed E-state index contributed by atoms with van der Waals surface area (Å²) in [6.45, 7) is 0. The summed E-state index contributed by atoms with van der Waals surface area (Å²) in [6, 6.07) is 8.90. The Labute approximate surface area is 103 Å². The summed E-state index contributed by atoms with van der Waals surface area (Å²) in [7, 11) is 2.08. The van der Waals surface area contributed by atoms with Crippen LogP contribution < -0.4 is 5.32 Å². The van der Waals surface area contributed by atoms with Crippen molar-refractivity contribution in [2.24, 2.45) is 5.92 Å². The Hall–Kier alpha value is -0.530. The average molecular weight is 238 g/mol. The van der Waals surface area contributed by atoms with E-state index in [1.165, 1.54) is 31.2 Å². The minimum Gasteiger partial charge on any atom is -0.317 e. The van der Waals surface area contributed by atoms with E-state index in [0.717, 1.165) is 23.4 Å². The molecular weight excluding hydrogens is 218 g/mol. The van der Waals surface area contributed by atoms with E-state index < -0.39 is 0 Å². The van der Waals surface area contributed by atoms with Gasteiger partial charge in [-0.2, -0.15) is 0 Å². The van der Waals surface area contributed by atoms with Gasteiger partial charge in [0, 0.05) is 11.1 Å². The smallest absolute Gasteiger partial charge is 0.0437 e. The van der Waals surface area contributed by atoms with Crippen LogP contribution in [0.25, 0.3) is 0 Å². The molecule has 0 aromatic heterocycles. The minimum atomic E-state index is 0.725. The van der Waals surface area contributed by atoms with E-state index in [4.69, 9.17) is 11.6 Å². The van der Waals surface area contributed by atoms with Gasteiger partial charge >= 0.3 is 0 Å². The third kappa shape index (κ3) is 3.23. The van der Waals surface area contributed by atoms with Crippen LogP contribution in [0.4, 0.5) is 0 Å². The van der Waals surface area contributed by atoms with Gasteiger partial charge in [-0.3, -0.25) is 0 Å². The molecule has 88 valence electrons. The molecule has 1 atom stereocenters. The molecule has 1 saturated carbocycles. The number of rotatable bonds is 6. The van der Waals surface area contributed by atoms with Gasteiger partial charge in [-0.1, -0.05) is 29.8 Å². The van der Waals surface area contributed by atoms with Gasteiger partial charge in [0.1, 0.15) is 0 Å². The average Bonchev–Trinajstić information content (AvgIpc) is 3.11. The molecule has 0 amide bonds. The molecule has 0 spiro atoms. The lowest BCUT2D eigenvalue weighted by atomic mass is 10.0. The standard InChI is InChI=1S/C14H20ClN/c1-16-14(12-9-10-12)8-4-6-11-5-2-3-7-13(11)15/h2-3,5,7,12,14,16H,4,6,8-10H2,1H3. The van der Waals surface area contributed by atoms with E-state index in [0.29, 0.717) is 0 Å². The van der Waals surface area contributed by atoms with E-state index in [9.17, 15) is 0 Å². The van der Waals surface area contributed by atoms with Crippen LogP contribution in [0.5, 0.6) is 0 Å². The van der Waals surface area contributed by atoms with E-state index in [-0.39, 0.29) is 0 Å². The van der Waals surface area contributed by atoms with Gasteiger partial charge in [-0.05, 0) is 56.7 Å². The Morgan fingerprint density at radius 1 is 1.38 bits per heavy atom. The maximum atomic E-state index is 6.13. The highest BCUT2D eigenvalue weighted by Gasteiger charge is 2.29. The summed E-state index contributed by atoms with van der Waals surface area (Å²) in [5, 5.41) is 4.34. The molecule has 0 heterocycles. The summed E-state index contributed by atoms with van der Waals surface area (Å²) < 4.78 is 0. The van der Waals surface area contributed by atoms with Crippen molar-refractivity contribution in [3.63, 3.8) is 0 Å². The van der Waals surface area contributed by atoms with E-state index in [1.807, 2.05) is 12.1 Å². The van der Waals surface area contributed by atoms with Crippen molar-refractivity contribution in [3.8, 4) is 0 Å². The van der Waals surface area contributed by atoms with Gasteiger partial charge in [0.2, 0.25) is 0 Å². The number of hydrogen-bond acceptors (Lipinski definition) is 1. The van der Waals surface area contributed by atoms with E-state index in [2.05, 4.69) is 24.5 Å². The van der Waals surface area contributed by atoms with Gasteiger partial charge in [0.05, 0.1) is 0 Å². The monoisotopic (exact) mass is 237 g/mol. The first-order valence-electron chi connectivity index (χ1n) is 6.22. The lowest BCUT2D eigenvalue weighted by Gasteiger charge is -2.15. The normalized spacial score (nSPS) is 17.4. The zero-order chi connectivity index (χ0) is 11.4. The van der Waals surface area contributed by atoms with Gasteiger partial charge in [0.25, 0.3) is 0 Å². The number of aryl methyl sites for hydroxylation is 1. The lowest BCUT2D eigenvalue weighted by molar-refractivity contribution is 0.456. The Kier molecular flexibility index (Phi) is 4.25. The molecular formula is C14H20ClN. The van der Waals surface area contributed by atoms with Crippen LogP contribution in [0, 0.1) is 5.92 Å². The predicted octanol–water partition coefficient (Wildman–Crippen LogP) is 3.66. The highest BCUT2D eigenvalue weighted by atomic mass is 35.5. The Morgan fingerprint density at radius 3 is 2.75 bits per heavy atom. The van der Waals surface area contributed by atoms with Crippen LogP contribution in [-0.2, 0) is 6.42 Å². The second kappa shape index (κ2) is 5.70. The summed E-state index contributed by atoms with van der Waals surface area (Å²) in [6.07, 6.45) is 6.43. The molecule has 0 radical (unpaired) electrons. The Bertz CT molecular complexity index is 333. The molecule has 1 N–H and O–H groups in total. The van der Waals surface area contributed by atoms with Gasteiger partial charge in [-0.15, -0.1) is 0 Å². The van der Waals surface area contributed by atoms with Crippen LogP contribution in [-0.4, -0.2) is 13.1 Å². The molecule has 2 heteroatoms. The van der Waals surface area contributed by atoms with Crippen LogP contribution in [0.15, 0.2) is 24.3 Å². The SMILES string of the molecule is CNC(CCCc1ccccc1Cl)C1CC1. The van der Waals surface area contributed by atoms with Crippen LogP contribution in [0.2, 0.25) is 5.02 Å². The first-order chi connectivity index (χ1) is 7.81. The molecule has 1 nitrogen and oxygen atoms in total. The highest BCUT2D eigenvalue weighted by molar-refractivity contribution is 6.31. The Balaban J connectivity index is 1.77. The predicted molar refractivity (Wildman–Crippen MR) is 70.0 cm³/mol. The fraction of sp³-hybridized carbons (Fsp3) is 0.571. The molecule has 2 rings (SSSR count). The van der Waals surface area contributed by atoms with Gasteiger partial charge in [-0.25, -0.2) is 0 Å². The fourth-order valence-electron chi connectivity index (χ4n) is 2.33. The van der Waals surface area contributed by atoms with Crippen molar-refractivity contribution in [1.82, 2.24) is 5.32 Å². The quantitative estimate of drug-likeness (QED) is 0.796. The van der Waals surface area contributed by atoms with Crippen molar-refractivity contribution in [1.29, 1.82) is 0 Å². The lowest BCUT2D eigenvalue weighted by Crippen LogP contribution is -2.27. The van der Waals surface area contributed by atoms with Crippen molar-refractivity contribution in [3.05, 3.63) is 34.9 Å². The summed E-state index contributed by atoms with van der Waals surface area (Å²) in [5.74, 6) is 0.941. The van der Waals surface area contributed by atoms with Crippen molar-refractivity contribution in [2.45, 2.75) is 38.1 Å². The summed E-state index contributed by atoms with van der Waals surface area (Å²) in [4.78, 5) is 0. The van der Waals surface area contributed by atoms with Crippen molar-refractivity contribution in [2.75, 3.05) is 7.05 Å². The summed E-state index contributed by atoms with van der Waals surface area (Å²) >= 11 is 6.13. The summed E-state index contributed by atoms with van der Waals surface area (Å²) in [5.41, 5.74) is 1.29. The van der Waals surface area contributed by atoms with Crippen molar-refractivity contribution < 1.29 is 0 Å². The second-order valence-electron chi connectivity index (χ2n) is 4.72. The van der Waals surface area contributed by atoms with Crippen LogP contribution in [0.3, 0.4) is 0 Å². The molecule has 1 aliphatic rings. The number of halogens is 1. The number of hydrogen-bond donors (Lipinski definition) is 1. The molecule has 16 heavy (non-hydrogen) atoms. The van der Waals surface area contributed by atoms with E-state index in [1.54, 1.807) is 0 Å².